The molecule has 0 bridgehead atoms. The molecule has 2 aliphatic rings. The molecule has 4 nitrogen and oxygen atoms in total. The van der Waals surface area contributed by atoms with Crippen LogP contribution in [0.2, 0.25) is 0 Å². The maximum absolute atomic E-state index is 12.0. The highest BCUT2D eigenvalue weighted by Crippen LogP contribution is 2.21. The molecule has 3 N–H and O–H groups in total. The summed E-state index contributed by atoms with van der Waals surface area (Å²) in [6.07, 6.45) is 2.28. The van der Waals surface area contributed by atoms with Crippen LogP contribution in [0.25, 0.3) is 0 Å². The maximum atomic E-state index is 12.0. The minimum Gasteiger partial charge on any atom is -0.342 e. The van der Waals surface area contributed by atoms with E-state index in [2.05, 4.69) is 5.32 Å². The van der Waals surface area contributed by atoms with Crippen LogP contribution >= 0.6 is 24.8 Å². The quantitative estimate of drug-likeness (QED) is 0.782. The van der Waals surface area contributed by atoms with Gasteiger partial charge in [0.15, 0.2) is 0 Å². The van der Waals surface area contributed by atoms with E-state index in [-0.39, 0.29) is 36.8 Å². The Kier molecular flexibility index (Phi) is 7.40. The third kappa shape index (κ3) is 3.98. The van der Waals surface area contributed by atoms with Crippen molar-refractivity contribution in [3.8, 4) is 0 Å². The number of carbonyl (C=O) groups excluding carboxylic acids is 1. The Balaban J connectivity index is 0.00000128. The molecule has 0 aromatic rings. The molecule has 17 heavy (non-hydrogen) atoms. The summed E-state index contributed by atoms with van der Waals surface area (Å²) in [5.74, 6) is 1.06. The molecule has 2 fully saturated rings. The Bertz CT molecular complexity index is 247. The van der Waals surface area contributed by atoms with Crippen molar-refractivity contribution in [1.29, 1.82) is 0 Å². The number of nitrogens with zero attached hydrogens (tertiary/aromatic N) is 1. The fraction of sp³-hybridized carbons (Fsp3) is 0.909. The molecule has 2 aliphatic heterocycles. The average molecular weight is 284 g/mol. The van der Waals surface area contributed by atoms with E-state index >= 15 is 0 Å². The number of nitrogens with one attached hydrogen (secondary N) is 1. The number of nitrogens with two attached hydrogens (primary N) is 1. The number of hydrogen-bond donors (Lipinski definition) is 2. The Morgan fingerprint density at radius 2 is 2.06 bits per heavy atom. The fourth-order valence-corrected chi connectivity index (χ4v) is 2.36. The van der Waals surface area contributed by atoms with E-state index in [9.17, 15) is 4.79 Å². The molecule has 102 valence electrons. The van der Waals surface area contributed by atoms with Gasteiger partial charge in [0.25, 0.3) is 0 Å². The van der Waals surface area contributed by atoms with Gasteiger partial charge in [-0.15, -0.1) is 24.8 Å². The van der Waals surface area contributed by atoms with Crippen LogP contribution in [0.3, 0.4) is 0 Å². The first-order valence-electron chi connectivity index (χ1n) is 5.93. The first kappa shape index (κ1) is 17.0. The summed E-state index contributed by atoms with van der Waals surface area (Å²) in [5.41, 5.74) is 5.90. The van der Waals surface area contributed by atoms with Crippen molar-refractivity contribution in [2.75, 3.05) is 26.2 Å². The van der Waals surface area contributed by atoms with Gasteiger partial charge in [-0.25, -0.2) is 0 Å². The molecule has 0 spiro atoms. The predicted molar refractivity (Wildman–Crippen MR) is 73.8 cm³/mol. The smallest absolute Gasteiger partial charge is 0.228 e. The topological polar surface area (TPSA) is 58.4 Å². The van der Waals surface area contributed by atoms with Gasteiger partial charge in [-0.3, -0.25) is 4.79 Å². The lowest BCUT2D eigenvalue weighted by atomic mass is 9.90. The summed E-state index contributed by atoms with van der Waals surface area (Å²) in [6.45, 7) is 5.56. The fourth-order valence-electron chi connectivity index (χ4n) is 2.36. The van der Waals surface area contributed by atoms with Gasteiger partial charge in [-0.2, -0.15) is 0 Å². The normalized spacial score (nSPS) is 26.2. The lowest BCUT2D eigenvalue weighted by molar-refractivity contribution is -0.139. The van der Waals surface area contributed by atoms with Crippen molar-refractivity contribution in [1.82, 2.24) is 10.2 Å². The zero-order valence-electron chi connectivity index (χ0n) is 10.2. The minimum atomic E-state index is 0. The third-order valence-electron chi connectivity index (χ3n) is 3.64. The van der Waals surface area contributed by atoms with E-state index in [1.165, 1.54) is 6.42 Å². The number of rotatable bonds is 2. The molecule has 0 aliphatic carbocycles. The lowest BCUT2D eigenvalue weighted by Gasteiger charge is -2.38. The van der Waals surface area contributed by atoms with Crippen LogP contribution in [0.5, 0.6) is 0 Å². The molecular formula is C11H23Cl2N3O. The van der Waals surface area contributed by atoms with Gasteiger partial charge in [-0.1, -0.05) is 0 Å². The predicted octanol–water partition coefficient (Wildman–Crippen LogP) is 0.635. The maximum Gasteiger partial charge on any atom is 0.228 e. The van der Waals surface area contributed by atoms with Gasteiger partial charge >= 0.3 is 0 Å². The summed E-state index contributed by atoms with van der Waals surface area (Å²) in [5, 5.41) is 3.14. The van der Waals surface area contributed by atoms with Crippen LogP contribution in [0.4, 0.5) is 0 Å². The second-order valence-electron chi connectivity index (χ2n) is 4.90. The molecule has 2 heterocycles. The minimum absolute atomic E-state index is 0. The number of likely N-dealkylation sites (tertiary alicyclic amines) is 1. The Morgan fingerprint density at radius 1 is 1.41 bits per heavy atom. The molecule has 0 saturated carbocycles. The van der Waals surface area contributed by atoms with Crippen molar-refractivity contribution >= 4 is 30.7 Å². The van der Waals surface area contributed by atoms with Gasteiger partial charge in [0.2, 0.25) is 5.91 Å². The lowest BCUT2D eigenvalue weighted by Crippen LogP contribution is -2.54. The van der Waals surface area contributed by atoms with E-state index in [4.69, 9.17) is 5.73 Å². The zero-order chi connectivity index (χ0) is 10.8. The van der Waals surface area contributed by atoms with Gasteiger partial charge in [-0.05, 0) is 25.7 Å². The summed E-state index contributed by atoms with van der Waals surface area (Å²) >= 11 is 0. The van der Waals surface area contributed by atoms with Crippen LogP contribution in [0.15, 0.2) is 0 Å². The third-order valence-corrected chi connectivity index (χ3v) is 3.64. The SMILES string of the molecule is CC(N)C1CCCN(C(=O)C2CNC2)C1.Cl.Cl. The second kappa shape index (κ2) is 7.41. The van der Waals surface area contributed by atoms with Gasteiger partial charge in [0, 0.05) is 32.2 Å². The Hall–Kier alpha value is -0.0300. The van der Waals surface area contributed by atoms with Crippen molar-refractivity contribution in [2.45, 2.75) is 25.8 Å². The first-order valence-corrected chi connectivity index (χ1v) is 5.93. The highest BCUT2D eigenvalue weighted by atomic mass is 35.5. The summed E-state index contributed by atoms with van der Waals surface area (Å²) < 4.78 is 0. The van der Waals surface area contributed by atoms with E-state index in [0.29, 0.717) is 11.8 Å². The highest BCUT2D eigenvalue weighted by Gasteiger charge is 2.32. The number of halogens is 2. The molecule has 2 atom stereocenters. The second-order valence-corrected chi connectivity index (χ2v) is 4.90. The number of amides is 1. The number of piperidine rings is 1. The van der Waals surface area contributed by atoms with Gasteiger partial charge in [0.1, 0.15) is 0 Å². The van der Waals surface area contributed by atoms with Gasteiger partial charge < -0.3 is 16.0 Å². The van der Waals surface area contributed by atoms with Crippen molar-refractivity contribution in [2.24, 2.45) is 17.6 Å². The van der Waals surface area contributed by atoms with Crippen molar-refractivity contribution in [3.63, 3.8) is 0 Å². The van der Waals surface area contributed by atoms with E-state index in [1.54, 1.807) is 0 Å². The monoisotopic (exact) mass is 283 g/mol. The molecule has 0 aromatic carbocycles. The largest absolute Gasteiger partial charge is 0.342 e. The molecule has 1 amide bonds. The van der Waals surface area contributed by atoms with Crippen LogP contribution in [0.1, 0.15) is 19.8 Å². The van der Waals surface area contributed by atoms with Crippen molar-refractivity contribution in [3.05, 3.63) is 0 Å². The van der Waals surface area contributed by atoms with Crippen LogP contribution in [0, 0.1) is 11.8 Å². The van der Waals surface area contributed by atoms with Crippen LogP contribution in [-0.4, -0.2) is 43.0 Å². The standard InChI is InChI=1S/C11H21N3O.2ClH/c1-8(12)9-3-2-4-14(7-9)11(15)10-5-13-6-10;;/h8-10,13H,2-7,12H2,1H3;2*1H. The van der Waals surface area contributed by atoms with Gasteiger partial charge in [0.05, 0.1) is 5.92 Å². The molecule has 0 radical (unpaired) electrons. The molecule has 2 unspecified atom stereocenters. The van der Waals surface area contributed by atoms with E-state index in [0.717, 1.165) is 32.6 Å². The van der Waals surface area contributed by atoms with Crippen LogP contribution < -0.4 is 11.1 Å². The van der Waals surface area contributed by atoms with E-state index in [1.807, 2.05) is 11.8 Å². The first-order chi connectivity index (χ1) is 7.18. The molecule has 0 aromatic heterocycles. The van der Waals surface area contributed by atoms with Crippen LogP contribution in [-0.2, 0) is 4.79 Å². The van der Waals surface area contributed by atoms with Crippen molar-refractivity contribution < 1.29 is 4.79 Å². The molecule has 2 saturated heterocycles. The summed E-state index contributed by atoms with van der Waals surface area (Å²) in [6, 6.07) is 0.208. The number of carbonyl (C=O) groups is 1. The summed E-state index contributed by atoms with van der Waals surface area (Å²) in [4.78, 5) is 14.0. The summed E-state index contributed by atoms with van der Waals surface area (Å²) in [7, 11) is 0. The Morgan fingerprint density at radius 3 is 2.53 bits per heavy atom. The highest BCUT2D eigenvalue weighted by molar-refractivity contribution is 5.85. The molecule has 2 rings (SSSR count). The number of hydrogen-bond acceptors (Lipinski definition) is 3. The average Bonchev–Trinajstić information content (AvgIpc) is 2.15. The zero-order valence-corrected chi connectivity index (χ0v) is 11.9. The molecule has 6 heteroatoms. The Labute approximate surface area is 115 Å². The molecular weight excluding hydrogens is 261 g/mol. The van der Waals surface area contributed by atoms with E-state index < -0.39 is 0 Å².